The van der Waals surface area contributed by atoms with Crippen LogP contribution in [0.4, 0.5) is 5.13 Å². The van der Waals surface area contributed by atoms with Gasteiger partial charge in [-0.1, -0.05) is 0 Å². The number of rotatable bonds is 2. The summed E-state index contributed by atoms with van der Waals surface area (Å²) in [7, 11) is 0. The Morgan fingerprint density at radius 3 is 2.65 bits per heavy atom. The van der Waals surface area contributed by atoms with E-state index >= 15 is 0 Å². The fourth-order valence-corrected chi connectivity index (χ4v) is 2.07. The van der Waals surface area contributed by atoms with Gasteiger partial charge < -0.3 is 5.32 Å². The quantitative estimate of drug-likeness (QED) is 0.886. The molecule has 0 amide bonds. The predicted molar refractivity (Wildman–Crippen MR) is 69.0 cm³/mol. The van der Waals surface area contributed by atoms with Gasteiger partial charge in [-0.3, -0.25) is 0 Å². The fraction of sp³-hybridized carbons (Fsp3) is 0.455. The summed E-state index contributed by atoms with van der Waals surface area (Å²) >= 11 is 1.34. The summed E-state index contributed by atoms with van der Waals surface area (Å²) in [5.41, 5.74) is 0.744. The van der Waals surface area contributed by atoms with Gasteiger partial charge in [0, 0.05) is 23.3 Å². The zero-order chi connectivity index (χ0) is 12.5. The van der Waals surface area contributed by atoms with Crippen LogP contribution in [0.2, 0.25) is 0 Å². The molecule has 0 bridgehead atoms. The number of nitrogens with zero attached hydrogens (tertiary/aromatic N) is 4. The van der Waals surface area contributed by atoms with Gasteiger partial charge in [0.1, 0.15) is 11.5 Å². The summed E-state index contributed by atoms with van der Waals surface area (Å²) in [5.74, 6) is 1.37. The van der Waals surface area contributed by atoms with Crippen LogP contribution in [0.25, 0.3) is 11.5 Å². The van der Waals surface area contributed by atoms with Crippen LogP contribution in [0.5, 0.6) is 0 Å². The van der Waals surface area contributed by atoms with Crippen LogP contribution < -0.4 is 5.32 Å². The molecule has 0 radical (unpaired) electrons. The molecule has 0 aliphatic heterocycles. The molecule has 2 aromatic heterocycles. The normalized spacial score (nSPS) is 11.5. The zero-order valence-corrected chi connectivity index (χ0v) is 11.2. The lowest BCUT2D eigenvalue weighted by molar-refractivity contribution is 0.633. The molecule has 0 aromatic carbocycles. The van der Waals surface area contributed by atoms with E-state index < -0.39 is 0 Å². The van der Waals surface area contributed by atoms with Gasteiger partial charge in [-0.15, -0.1) is 0 Å². The first kappa shape index (κ1) is 11.9. The summed E-state index contributed by atoms with van der Waals surface area (Å²) in [5, 5.41) is 4.10. The Balaban J connectivity index is 2.24. The molecular weight excluding hydrogens is 234 g/mol. The second kappa shape index (κ2) is 4.37. The van der Waals surface area contributed by atoms with Gasteiger partial charge >= 0.3 is 0 Å². The number of nitrogens with one attached hydrogen (secondary N) is 1. The monoisotopic (exact) mass is 249 g/mol. The van der Waals surface area contributed by atoms with Crippen molar-refractivity contribution in [3.05, 3.63) is 18.1 Å². The Labute approximate surface area is 105 Å². The lowest BCUT2D eigenvalue weighted by atomic mass is 10.1. The minimum atomic E-state index is -0.0155. The van der Waals surface area contributed by atoms with Gasteiger partial charge in [0.2, 0.25) is 5.13 Å². The van der Waals surface area contributed by atoms with Crippen molar-refractivity contribution in [1.82, 2.24) is 19.3 Å². The Morgan fingerprint density at radius 2 is 2.00 bits per heavy atom. The summed E-state index contributed by atoms with van der Waals surface area (Å²) in [6.45, 7) is 8.11. The molecule has 1 N–H and O–H groups in total. The Morgan fingerprint density at radius 1 is 1.24 bits per heavy atom. The van der Waals surface area contributed by atoms with E-state index in [1.165, 1.54) is 11.5 Å². The highest BCUT2D eigenvalue weighted by molar-refractivity contribution is 7.09. The first-order chi connectivity index (χ1) is 7.94. The molecule has 17 heavy (non-hydrogen) atoms. The lowest BCUT2D eigenvalue weighted by Gasteiger charge is -2.18. The van der Waals surface area contributed by atoms with Crippen molar-refractivity contribution >= 4 is 16.7 Å². The van der Waals surface area contributed by atoms with E-state index in [4.69, 9.17) is 0 Å². The molecule has 0 aliphatic rings. The highest BCUT2D eigenvalue weighted by Gasteiger charge is 2.14. The Kier molecular flexibility index (Phi) is 3.06. The second-order valence-corrected chi connectivity index (χ2v) is 5.54. The molecule has 0 unspecified atom stereocenters. The van der Waals surface area contributed by atoms with Crippen molar-refractivity contribution in [3.8, 4) is 11.5 Å². The lowest BCUT2D eigenvalue weighted by Crippen LogP contribution is -2.25. The van der Waals surface area contributed by atoms with E-state index in [1.807, 2.05) is 13.0 Å². The second-order valence-electron chi connectivity index (χ2n) is 4.79. The number of aromatic nitrogens is 4. The van der Waals surface area contributed by atoms with Crippen molar-refractivity contribution < 1.29 is 0 Å². The highest BCUT2D eigenvalue weighted by atomic mass is 32.1. The molecule has 2 aromatic rings. The van der Waals surface area contributed by atoms with Crippen molar-refractivity contribution in [3.63, 3.8) is 0 Å². The minimum absolute atomic E-state index is 0.0155. The third kappa shape index (κ3) is 3.20. The largest absolute Gasteiger partial charge is 0.356 e. The van der Waals surface area contributed by atoms with Crippen molar-refractivity contribution in [2.75, 3.05) is 5.32 Å². The maximum atomic E-state index is 4.41. The summed E-state index contributed by atoms with van der Waals surface area (Å²) in [6, 6.07) is 1.82. The summed E-state index contributed by atoms with van der Waals surface area (Å²) in [6.07, 6.45) is 1.72. The van der Waals surface area contributed by atoms with Crippen LogP contribution in [0, 0.1) is 6.92 Å². The zero-order valence-electron chi connectivity index (χ0n) is 10.4. The van der Waals surface area contributed by atoms with Crippen molar-refractivity contribution in [2.24, 2.45) is 0 Å². The van der Waals surface area contributed by atoms with Crippen LogP contribution in [0.1, 0.15) is 26.6 Å². The van der Waals surface area contributed by atoms with E-state index in [0.29, 0.717) is 5.82 Å². The molecule has 2 rings (SSSR count). The van der Waals surface area contributed by atoms with Crippen molar-refractivity contribution in [2.45, 2.75) is 33.2 Å². The summed E-state index contributed by atoms with van der Waals surface area (Å²) in [4.78, 5) is 12.8. The van der Waals surface area contributed by atoms with Crippen LogP contribution in [-0.4, -0.2) is 24.9 Å². The molecule has 0 fully saturated rings. The molecule has 0 spiro atoms. The predicted octanol–water partition coefficient (Wildman–Crippen LogP) is 2.51. The maximum absolute atomic E-state index is 4.41. The molecule has 2 heterocycles. The van der Waals surface area contributed by atoms with E-state index in [2.05, 4.69) is 45.4 Å². The standard InChI is InChI=1S/C11H15N5S/c1-7-12-6-5-8(13-7)9-14-10(17-16-9)15-11(2,3)4/h5-6H,1-4H3,(H,14,15,16). The fourth-order valence-electron chi connectivity index (χ4n) is 1.28. The first-order valence-corrected chi connectivity index (χ1v) is 6.13. The number of hydrogen-bond donors (Lipinski definition) is 1. The van der Waals surface area contributed by atoms with Crippen molar-refractivity contribution in [1.29, 1.82) is 0 Å². The Hall–Kier alpha value is -1.56. The maximum Gasteiger partial charge on any atom is 0.203 e. The van der Waals surface area contributed by atoms with Gasteiger partial charge in [0.25, 0.3) is 0 Å². The molecule has 0 atom stereocenters. The third-order valence-electron chi connectivity index (χ3n) is 1.91. The van der Waals surface area contributed by atoms with Gasteiger partial charge in [-0.2, -0.15) is 9.36 Å². The van der Waals surface area contributed by atoms with Crippen LogP contribution >= 0.6 is 11.5 Å². The van der Waals surface area contributed by atoms with Crippen LogP contribution in [0.15, 0.2) is 12.3 Å². The first-order valence-electron chi connectivity index (χ1n) is 5.36. The molecule has 0 saturated heterocycles. The smallest absolute Gasteiger partial charge is 0.203 e. The average Bonchev–Trinajstić information content (AvgIpc) is 2.63. The van der Waals surface area contributed by atoms with Gasteiger partial charge in [-0.05, 0) is 33.8 Å². The van der Waals surface area contributed by atoms with E-state index in [0.717, 1.165) is 16.6 Å². The molecule has 6 heteroatoms. The topological polar surface area (TPSA) is 63.6 Å². The highest BCUT2D eigenvalue weighted by Crippen LogP contribution is 2.21. The molecule has 5 nitrogen and oxygen atoms in total. The third-order valence-corrected chi connectivity index (χ3v) is 2.54. The summed E-state index contributed by atoms with van der Waals surface area (Å²) < 4.78 is 4.29. The Bertz CT molecular complexity index is 515. The van der Waals surface area contributed by atoms with Gasteiger partial charge in [-0.25, -0.2) is 9.97 Å². The average molecular weight is 249 g/mol. The van der Waals surface area contributed by atoms with Crippen LogP contribution in [-0.2, 0) is 0 Å². The molecule has 0 aliphatic carbocycles. The van der Waals surface area contributed by atoms with Crippen LogP contribution in [0.3, 0.4) is 0 Å². The van der Waals surface area contributed by atoms with Gasteiger partial charge in [0.05, 0.1) is 0 Å². The number of anilines is 1. The van der Waals surface area contributed by atoms with Gasteiger partial charge in [0.15, 0.2) is 5.82 Å². The van der Waals surface area contributed by atoms with E-state index in [-0.39, 0.29) is 5.54 Å². The van der Waals surface area contributed by atoms with E-state index in [9.17, 15) is 0 Å². The molecular formula is C11H15N5S. The number of hydrogen-bond acceptors (Lipinski definition) is 6. The molecule has 0 saturated carbocycles. The molecule has 90 valence electrons. The SMILES string of the molecule is Cc1nccc(-c2nsc(NC(C)(C)C)n2)n1. The number of aryl methyl sites for hydroxylation is 1. The minimum Gasteiger partial charge on any atom is -0.356 e. The van der Waals surface area contributed by atoms with E-state index in [1.54, 1.807) is 6.20 Å².